The molecule has 0 saturated heterocycles. The largest absolute Gasteiger partial charge is 0.289 e. The summed E-state index contributed by atoms with van der Waals surface area (Å²) in [5, 5.41) is 16.8. The number of hydrogen-bond acceptors (Lipinski definition) is 4. The molecule has 80 valence electrons. The van der Waals surface area contributed by atoms with Gasteiger partial charge in [0, 0.05) is 11.8 Å². The maximum absolute atomic E-state index is 11.0. The molecule has 1 rings (SSSR count). The van der Waals surface area contributed by atoms with E-state index in [0.29, 0.717) is 25.7 Å². The lowest BCUT2D eigenvalue weighted by Crippen LogP contribution is -2.35. The Kier molecular flexibility index (Phi) is 3.84. The Morgan fingerprint density at radius 3 is 1.36 bits per heavy atom. The fourth-order valence-electron chi connectivity index (χ4n) is 1.80. The molecule has 0 aliphatic heterocycles. The Bertz CT molecular complexity index is 199. The lowest BCUT2D eigenvalue weighted by Gasteiger charge is -2.25. The first-order valence-electron chi connectivity index (χ1n) is 4.57. The smallest absolute Gasteiger partial charge is 0.246 e. The Hall–Kier alpha value is -1.14. The molecule has 1 aliphatic rings. The van der Waals surface area contributed by atoms with Gasteiger partial charge < -0.3 is 0 Å². The first kappa shape index (κ1) is 10.9. The summed E-state index contributed by atoms with van der Waals surface area (Å²) in [7, 11) is 0. The van der Waals surface area contributed by atoms with Crippen LogP contribution in [0.3, 0.4) is 0 Å². The van der Waals surface area contributed by atoms with Gasteiger partial charge in [-0.25, -0.2) is 11.0 Å². The van der Waals surface area contributed by atoms with Gasteiger partial charge in [0.25, 0.3) is 0 Å². The van der Waals surface area contributed by atoms with Crippen molar-refractivity contribution in [2.75, 3.05) is 0 Å². The van der Waals surface area contributed by atoms with Crippen molar-refractivity contribution in [2.45, 2.75) is 25.7 Å². The van der Waals surface area contributed by atoms with E-state index in [2.05, 4.69) is 0 Å². The van der Waals surface area contributed by atoms with Crippen LogP contribution in [0.5, 0.6) is 0 Å². The Labute approximate surface area is 81.2 Å². The summed E-state index contributed by atoms with van der Waals surface area (Å²) in [6, 6.07) is 0. The second kappa shape index (κ2) is 4.92. The summed E-state index contributed by atoms with van der Waals surface area (Å²) in [6.45, 7) is 0. The van der Waals surface area contributed by atoms with Gasteiger partial charge in [0.1, 0.15) is 0 Å². The standard InChI is InChI=1S/C8H14N2O4/c11-7(9-13)5-1-2-6(4-3-5)8(12)10-14/h5-6,13-14H,1-4H2,(H,9,11)(H,10,12). The van der Waals surface area contributed by atoms with Crippen molar-refractivity contribution >= 4 is 11.8 Å². The Balaban J connectivity index is 2.38. The maximum atomic E-state index is 11.0. The lowest BCUT2D eigenvalue weighted by atomic mass is 9.81. The van der Waals surface area contributed by atoms with Crippen molar-refractivity contribution in [3.8, 4) is 0 Å². The fourth-order valence-corrected chi connectivity index (χ4v) is 1.80. The minimum absolute atomic E-state index is 0.220. The third-order valence-corrected chi connectivity index (χ3v) is 2.69. The Morgan fingerprint density at radius 1 is 0.857 bits per heavy atom. The number of hydrogen-bond donors (Lipinski definition) is 4. The van der Waals surface area contributed by atoms with Crippen LogP contribution in [-0.2, 0) is 9.59 Å². The molecule has 0 heterocycles. The van der Waals surface area contributed by atoms with Gasteiger partial charge in [-0.05, 0) is 25.7 Å². The first-order chi connectivity index (χ1) is 6.69. The van der Waals surface area contributed by atoms with Crippen molar-refractivity contribution in [3.63, 3.8) is 0 Å². The summed E-state index contributed by atoms with van der Waals surface area (Å²) >= 11 is 0. The zero-order valence-corrected chi connectivity index (χ0v) is 7.69. The predicted octanol–water partition coefficient (Wildman–Crippen LogP) is -0.196. The van der Waals surface area contributed by atoms with E-state index in [1.807, 2.05) is 0 Å². The molecule has 1 aliphatic carbocycles. The molecule has 14 heavy (non-hydrogen) atoms. The third kappa shape index (κ3) is 2.43. The van der Waals surface area contributed by atoms with Crippen LogP contribution >= 0.6 is 0 Å². The summed E-state index contributed by atoms with van der Waals surface area (Å²) in [6.07, 6.45) is 2.24. The van der Waals surface area contributed by atoms with E-state index in [1.54, 1.807) is 11.0 Å². The van der Waals surface area contributed by atoms with Crippen molar-refractivity contribution in [1.29, 1.82) is 0 Å². The quantitative estimate of drug-likeness (QED) is 0.368. The van der Waals surface area contributed by atoms with Gasteiger partial charge in [0.2, 0.25) is 11.8 Å². The molecule has 0 bridgehead atoms. The third-order valence-electron chi connectivity index (χ3n) is 2.69. The molecule has 6 nitrogen and oxygen atoms in total. The van der Waals surface area contributed by atoms with Crippen LogP contribution in [-0.4, -0.2) is 22.2 Å². The molecule has 0 aromatic carbocycles. The second-order valence-electron chi connectivity index (χ2n) is 3.50. The predicted molar refractivity (Wildman–Crippen MR) is 45.3 cm³/mol. The molecule has 2 amide bonds. The van der Waals surface area contributed by atoms with Gasteiger partial charge in [-0.3, -0.25) is 20.0 Å². The zero-order valence-electron chi connectivity index (χ0n) is 7.69. The van der Waals surface area contributed by atoms with Gasteiger partial charge in [-0.15, -0.1) is 0 Å². The topological polar surface area (TPSA) is 98.7 Å². The molecule has 1 saturated carbocycles. The molecule has 4 N–H and O–H groups in total. The number of hydroxylamine groups is 2. The van der Waals surface area contributed by atoms with Crippen LogP contribution in [0.2, 0.25) is 0 Å². The normalized spacial score (nSPS) is 26.7. The first-order valence-corrected chi connectivity index (χ1v) is 4.57. The van der Waals surface area contributed by atoms with Crippen LogP contribution in [0.4, 0.5) is 0 Å². The van der Waals surface area contributed by atoms with E-state index in [4.69, 9.17) is 10.4 Å². The second-order valence-corrected chi connectivity index (χ2v) is 3.50. The minimum atomic E-state index is -0.396. The molecule has 0 spiro atoms. The van der Waals surface area contributed by atoms with Crippen molar-refractivity contribution < 1.29 is 20.0 Å². The minimum Gasteiger partial charge on any atom is -0.289 e. The highest BCUT2D eigenvalue weighted by Gasteiger charge is 2.29. The zero-order chi connectivity index (χ0) is 10.6. The van der Waals surface area contributed by atoms with Gasteiger partial charge in [-0.1, -0.05) is 0 Å². The van der Waals surface area contributed by atoms with E-state index in [-0.39, 0.29) is 11.8 Å². The van der Waals surface area contributed by atoms with Crippen LogP contribution in [0.15, 0.2) is 0 Å². The summed E-state index contributed by atoms with van der Waals surface area (Å²) < 4.78 is 0. The van der Waals surface area contributed by atoms with Crippen LogP contribution in [0.1, 0.15) is 25.7 Å². The average Bonchev–Trinajstić information content (AvgIpc) is 2.27. The van der Waals surface area contributed by atoms with E-state index in [1.165, 1.54) is 0 Å². The molecule has 0 aromatic rings. The molecule has 0 aromatic heterocycles. The van der Waals surface area contributed by atoms with Crippen molar-refractivity contribution in [3.05, 3.63) is 0 Å². The molecular weight excluding hydrogens is 188 g/mol. The van der Waals surface area contributed by atoms with Gasteiger partial charge in [-0.2, -0.15) is 0 Å². The number of carbonyl (C=O) groups excluding carboxylic acids is 2. The lowest BCUT2D eigenvalue weighted by molar-refractivity contribution is -0.139. The highest BCUT2D eigenvalue weighted by molar-refractivity contribution is 5.79. The molecule has 1 fully saturated rings. The number of nitrogens with one attached hydrogen (secondary N) is 2. The van der Waals surface area contributed by atoms with Crippen LogP contribution in [0, 0.1) is 11.8 Å². The molecule has 0 atom stereocenters. The van der Waals surface area contributed by atoms with E-state index < -0.39 is 11.8 Å². The van der Waals surface area contributed by atoms with E-state index in [0.717, 1.165) is 0 Å². The van der Waals surface area contributed by atoms with Crippen molar-refractivity contribution in [1.82, 2.24) is 11.0 Å². The van der Waals surface area contributed by atoms with Gasteiger partial charge in [0.15, 0.2) is 0 Å². The highest BCUT2D eigenvalue weighted by Crippen LogP contribution is 2.28. The number of amides is 2. The van der Waals surface area contributed by atoms with E-state index >= 15 is 0 Å². The Morgan fingerprint density at radius 2 is 1.14 bits per heavy atom. The molecule has 0 unspecified atom stereocenters. The van der Waals surface area contributed by atoms with Crippen LogP contribution in [0.25, 0.3) is 0 Å². The number of rotatable bonds is 2. The maximum Gasteiger partial charge on any atom is 0.246 e. The number of carbonyl (C=O) groups is 2. The summed E-state index contributed by atoms with van der Waals surface area (Å²) in [5.74, 6) is -1.23. The molecule has 6 heteroatoms. The summed E-state index contributed by atoms with van der Waals surface area (Å²) in [5.41, 5.74) is 3.21. The highest BCUT2D eigenvalue weighted by atomic mass is 16.5. The van der Waals surface area contributed by atoms with Gasteiger partial charge in [0.05, 0.1) is 0 Å². The van der Waals surface area contributed by atoms with Gasteiger partial charge >= 0.3 is 0 Å². The fraction of sp³-hybridized carbons (Fsp3) is 0.750. The SMILES string of the molecule is O=C(NO)C1CCC(C(=O)NO)CC1. The average molecular weight is 202 g/mol. The summed E-state index contributed by atoms with van der Waals surface area (Å²) in [4.78, 5) is 22.0. The van der Waals surface area contributed by atoms with Crippen LogP contribution < -0.4 is 11.0 Å². The molecular formula is C8H14N2O4. The monoisotopic (exact) mass is 202 g/mol. The van der Waals surface area contributed by atoms with Crippen molar-refractivity contribution in [2.24, 2.45) is 11.8 Å². The van der Waals surface area contributed by atoms with E-state index in [9.17, 15) is 9.59 Å². The molecule has 0 radical (unpaired) electrons.